The topological polar surface area (TPSA) is 56.0 Å². The molecule has 0 unspecified atom stereocenters. The molecule has 0 saturated carbocycles. The molecule has 0 spiro atoms. The van der Waals surface area contributed by atoms with Crippen molar-refractivity contribution in [3.8, 4) is 17.0 Å². The van der Waals surface area contributed by atoms with Gasteiger partial charge in [0.05, 0.1) is 6.61 Å². The van der Waals surface area contributed by atoms with Crippen molar-refractivity contribution in [1.82, 2.24) is 9.38 Å². The molecule has 2 aromatic heterocycles. The van der Waals surface area contributed by atoms with Crippen LogP contribution in [0.1, 0.15) is 6.92 Å². The maximum Gasteiger partial charge on any atom is 0.209 e. The highest BCUT2D eigenvalue weighted by Gasteiger charge is 2.15. The fourth-order valence-corrected chi connectivity index (χ4v) is 2.32. The van der Waals surface area contributed by atoms with Crippen molar-refractivity contribution in [1.29, 1.82) is 0 Å². The SMILES string of the molecule is CCOc1ccc(-c2nc3cc(Cl)ccn3c2N=O)cc1. The van der Waals surface area contributed by atoms with Crippen LogP contribution in [0.4, 0.5) is 5.82 Å². The number of hydrogen-bond acceptors (Lipinski definition) is 4. The number of imidazole rings is 1. The van der Waals surface area contributed by atoms with Gasteiger partial charge < -0.3 is 4.74 Å². The molecule has 0 amide bonds. The molecule has 0 saturated heterocycles. The molecule has 21 heavy (non-hydrogen) atoms. The third kappa shape index (κ3) is 2.48. The Morgan fingerprint density at radius 3 is 2.71 bits per heavy atom. The first-order valence-corrected chi connectivity index (χ1v) is 6.85. The molecule has 2 heterocycles. The van der Waals surface area contributed by atoms with Crippen LogP contribution in [0.5, 0.6) is 5.75 Å². The second-order valence-electron chi connectivity index (χ2n) is 4.41. The molecule has 0 atom stereocenters. The summed E-state index contributed by atoms with van der Waals surface area (Å²) in [4.78, 5) is 15.6. The van der Waals surface area contributed by atoms with Crippen LogP contribution in [0.3, 0.4) is 0 Å². The maximum absolute atomic E-state index is 11.2. The van der Waals surface area contributed by atoms with Gasteiger partial charge in [-0.25, -0.2) is 4.98 Å². The Labute approximate surface area is 126 Å². The smallest absolute Gasteiger partial charge is 0.209 e. The summed E-state index contributed by atoms with van der Waals surface area (Å²) in [6.07, 6.45) is 1.68. The Hall–Kier alpha value is -2.40. The Morgan fingerprint density at radius 2 is 2.05 bits per heavy atom. The van der Waals surface area contributed by atoms with E-state index in [9.17, 15) is 4.91 Å². The molecule has 3 rings (SSSR count). The van der Waals surface area contributed by atoms with Crippen LogP contribution < -0.4 is 4.74 Å². The van der Waals surface area contributed by atoms with Crippen LogP contribution in [-0.4, -0.2) is 16.0 Å². The third-order valence-electron chi connectivity index (χ3n) is 3.09. The largest absolute Gasteiger partial charge is 0.494 e. The highest BCUT2D eigenvalue weighted by atomic mass is 35.5. The van der Waals surface area contributed by atoms with Crippen LogP contribution >= 0.6 is 11.6 Å². The summed E-state index contributed by atoms with van der Waals surface area (Å²) in [6, 6.07) is 10.8. The number of fused-ring (bicyclic) bond motifs is 1. The van der Waals surface area contributed by atoms with Gasteiger partial charge in [0.2, 0.25) is 5.82 Å². The van der Waals surface area contributed by atoms with E-state index in [1.165, 1.54) is 0 Å². The number of hydrogen-bond donors (Lipinski definition) is 0. The number of halogens is 1. The number of nitroso groups, excluding NO2 is 1. The molecule has 0 radical (unpaired) electrons. The highest BCUT2D eigenvalue weighted by Crippen LogP contribution is 2.32. The number of pyridine rings is 1. The van der Waals surface area contributed by atoms with Gasteiger partial charge in [0.1, 0.15) is 17.1 Å². The summed E-state index contributed by atoms with van der Waals surface area (Å²) in [6.45, 7) is 2.53. The number of ether oxygens (including phenoxy) is 1. The summed E-state index contributed by atoms with van der Waals surface area (Å²) in [5, 5.41) is 3.66. The molecule has 6 heteroatoms. The Morgan fingerprint density at radius 1 is 1.29 bits per heavy atom. The van der Waals surface area contributed by atoms with E-state index in [1.807, 2.05) is 31.2 Å². The molecular formula is C15H12ClN3O2. The fourth-order valence-electron chi connectivity index (χ4n) is 2.16. The first-order valence-electron chi connectivity index (χ1n) is 6.47. The quantitative estimate of drug-likeness (QED) is 0.669. The van der Waals surface area contributed by atoms with Crippen molar-refractivity contribution >= 4 is 23.1 Å². The zero-order valence-corrected chi connectivity index (χ0v) is 12.0. The van der Waals surface area contributed by atoms with E-state index in [0.717, 1.165) is 11.3 Å². The lowest BCUT2D eigenvalue weighted by Crippen LogP contribution is -1.90. The van der Waals surface area contributed by atoms with Crippen molar-refractivity contribution in [2.75, 3.05) is 6.61 Å². The Kier molecular flexibility index (Phi) is 3.58. The van der Waals surface area contributed by atoms with Crippen molar-refractivity contribution < 1.29 is 4.74 Å². The van der Waals surface area contributed by atoms with Gasteiger partial charge in [-0.05, 0) is 42.4 Å². The standard InChI is InChI=1S/C15H12ClN3O2/c1-2-21-12-5-3-10(4-6-12)14-15(18-20)19-8-7-11(16)9-13(19)17-14/h3-9H,2H2,1H3. The van der Waals surface area contributed by atoms with Crippen LogP contribution in [-0.2, 0) is 0 Å². The summed E-state index contributed by atoms with van der Waals surface area (Å²) >= 11 is 5.95. The van der Waals surface area contributed by atoms with Crippen molar-refractivity contribution in [2.24, 2.45) is 5.18 Å². The summed E-state index contributed by atoms with van der Waals surface area (Å²) < 4.78 is 7.02. The van der Waals surface area contributed by atoms with Crippen LogP contribution in [0.15, 0.2) is 47.8 Å². The molecule has 0 bridgehead atoms. The van der Waals surface area contributed by atoms with E-state index in [0.29, 0.717) is 23.0 Å². The number of nitrogens with zero attached hydrogens (tertiary/aromatic N) is 3. The third-order valence-corrected chi connectivity index (χ3v) is 3.32. The van der Waals surface area contributed by atoms with E-state index in [2.05, 4.69) is 10.2 Å². The molecule has 0 N–H and O–H groups in total. The summed E-state index contributed by atoms with van der Waals surface area (Å²) in [5.74, 6) is 1.03. The van der Waals surface area contributed by atoms with Gasteiger partial charge in [0.25, 0.3) is 0 Å². The highest BCUT2D eigenvalue weighted by molar-refractivity contribution is 6.30. The van der Waals surface area contributed by atoms with E-state index in [1.54, 1.807) is 22.7 Å². The lowest BCUT2D eigenvalue weighted by atomic mass is 10.1. The lowest BCUT2D eigenvalue weighted by Gasteiger charge is -2.03. The summed E-state index contributed by atoms with van der Waals surface area (Å²) in [7, 11) is 0. The van der Waals surface area contributed by atoms with Gasteiger partial charge in [-0.1, -0.05) is 11.6 Å². The normalized spacial score (nSPS) is 10.8. The molecule has 0 aliphatic carbocycles. The molecule has 1 aromatic carbocycles. The molecule has 5 nitrogen and oxygen atoms in total. The average molecular weight is 302 g/mol. The zero-order valence-electron chi connectivity index (χ0n) is 11.3. The molecule has 0 fully saturated rings. The Bertz CT molecular complexity index is 797. The average Bonchev–Trinajstić information content (AvgIpc) is 2.85. The minimum Gasteiger partial charge on any atom is -0.494 e. The van der Waals surface area contributed by atoms with Gasteiger partial charge in [-0.15, -0.1) is 4.91 Å². The van der Waals surface area contributed by atoms with E-state index < -0.39 is 0 Å². The van der Waals surface area contributed by atoms with Gasteiger partial charge in [0.15, 0.2) is 0 Å². The second-order valence-corrected chi connectivity index (χ2v) is 4.84. The minimum absolute atomic E-state index is 0.255. The molecule has 3 aromatic rings. The van der Waals surface area contributed by atoms with Gasteiger partial charge >= 0.3 is 0 Å². The monoisotopic (exact) mass is 301 g/mol. The zero-order chi connectivity index (χ0) is 14.8. The first kappa shape index (κ1) is 13.6. The number of benzene rings is 1. The second kappa shape index (κ2) is 5.54. The van der Waals surface area contributed by atoms with Gasteiger partial charge in [-0.2, -0.15) is 0 Å². The predicted octanol–water partition coefficient (Wildman–Crippen LogP) is 4.45. The predicted molar refractivity (Wildman–Crippen MR) is 82.3 cm³/mol. The fraction of sp³-hybridized carbons (Fsp3) is 0.133. The van der Waals surface area contributed by atoms with E-state index >= 15 is 0 Å². The summed E-state index contributed by atoms with van der Waals surface area (Å²) in [5.41, 5.74) is 1.91. The number of aromatic nitrogens is 2. The first-order chi connectivity index (χ1) is 10.2. The van der Waals surface area contributed by atoms with E-state index in [4.69, 9.17) is 16.3 Å². The van der Waals surface area contributed by atoms with Crippen LogP contribution in [0.25, 0.3) is 16.9 Å². The molecule has 0 aliphatic heterocycles. The molecule has 0 aliphatic rings. The molecular weight excluding hydrogens is 290 g/mol. The van der Waals surface area contributed by atoms with Gasteiger partial charge in [0, 0.05) is 22.8 Å². The van der Waals surface area contributed by atoms with E-state index in [-0.39, 0.29) is 5.82 Å². The van der Waals surface area contributed by atoms with Gasteiger partial charge in [-0.3, -0.25) is 4.40 Å². The molecule has 106 valence electrons. The van der Waals surface area contributed by atoms with Crippen molar-refractivity contribution in [3.05, 3.63) is 52.5 Å². The van der Waals surface area contributed by atoms with Crippen molar-refractivity contribution in [2.45, 2.75) is 6.92 Å². The van der Waals surface area contributed by atoms with Crippen LogP contribution in [0.2, 0.25) is 5.02 Å². The van der Waals surface area contributed by atoms with Crippen molar-refractivity contribution in [3.63, 3.8) is 0 Å². The minimum atomic E-state index is 0.255. The van der Waals surface area contributed by atoms with Crippen LogP contribution in [0, 0.1) is 4.91 Å². The maximum atomic E-state index is 11.2. The number of rotatable bonds is 4. The Balaban J connectivity index is 2.12. The lowest BCUT2D eigenvalue weighted by molar-refractivity contribution is 0.340.